The average molecular weight is 219 g/mol. The van der Waals surface area contributed by atoms with E-state index in [9.17, 15) is 0 Å². The number of hydrogen-bond donors (Lipinski definition) is 1. The van der Waals surface area contributed by atoms with Crippen molar-refractivity contribution in [1.82, 2.24) is 15.1 Å². The van der Waals surface area contributed by atoms with Gasteiger partial charge in [-0.15, -0.1) is 0 Å². The topological polar surface area (TPSA) is 29.9 Å². The third kappa shape index (κ3) is 2.73. The van der Waals surface area contributed by atoms with E-state index in [1.807, 2.05) is 0 Å². The largest absolute Gasteiger partial charge is 0.308 e. The van der Waals surface area contributed by atoms with Gasteiger partial charge in [0.1, 0.15) is 0 Å². The number of aromatic nitrogens is 2. The van der Waals surface area contributed by atoms with E-state index in [2.05, 4.69) is 47.2 Å². The van der Waals surface area contributed by atoms with Crippen molar-refractivity contribution in [2.45, 2.75) is 52.2 Å². The molecule has 1 aliphatic rings. The molecule has 0 saturated carbocycles. The molecule has 0 spiro atoms. The minimum atomic E-state index is 0.644. The van der Waals surface area contributed by atoms with Crippen molar-refractivity contribution < 1.29 is 0 Å². The Bertz CT molecular complexity index is 365. The van der Waals surface area contributed by atoms with Crippen molar-refractivity contribution in [2.24, 2.45) is 0 Å². The van der Waals surface area contributed by atoms with Crippen molar-refractivity contribution in [3.05, 3.63) is 29.6 Å². The first kappa shape index (κ1) is 11.4. The van der Waals surface area contributed by atoms with Crippen molar-refractivity contribution in [2.75, 3.05) is 0 Å². The quantitative estimate of drug-likeness (QED) is 0.788. The molecule has 0 bridgehead atoms. The number of allylic oxidation sites excluding steroid dienone is 1. The van der Waals surface area contributed by atoms with Gasteiger partial charge < -0.3 is 5.32 Å². The van der Waals surface area contributed by atoms with E-state index in [1.54, 1.807) is 0 Å². The summed E-state index contributed by atoms with van der Waals surface area (Å²) in [6.45, 7) is 6.08. The molecule has 0 fully saturated rings. The molecule has 1 N–H and O–H groups in total. The monoisotopic (exact) mass is 219 g/mol. The van der Waals surface area contributed by atoms with Gasteiger partial charge in [-0.05, 0) is 39.2 Å². The summed E-state index contributed by atoms with van der Waals surface area (Å²) in [6.07, 6.45) is 8.20. The van der Waals surface area contributed by atoms with Crippen LogP contribution in [0.4, 0.5) is 0 Å². The molecule has 0 saturated heterocycles. The molecule has 1 aromatic rings. The maximum Gasteiger partial charge on any atom is 0.0597 e. The summed E-state index contributed by atoms with van der Waals surface area (Å²) in [4.78, 5) is 0. The van der Waals surface area contributed by atoms with Gasteiger partial charge in [-0.25, -0.2) is 0 Å². The normalized spacial score (nSPS) is 20.2. The first-order valence-electron chi connectivity index (χ1n) is 6.21. The van der Waals surface area contributed by atoms with Gasteiger partial charge in [0.25, 0.3) is 0 Å². The smallest absolute Gasteiger partial charge is 0.0597 e. The molecule has 1 aliphatic carbocycles. The molecule has 88 valence electrons. The molecule has 2 rings (SSSR count). The predicted molar refractivity (Wildman–Crippen MR) is 66.3 cm³/mol. The SMILES string of the molecule is CCn1nc(C)cc1CNC1CC=CCC1. The Kier molecular flexibility index (Phi) is 3.78. The van der Waals surface area contributed by atoms with Gasteiger partial charge in [-0.2, -0.15) is 5.10 Å². The summed E-state index contributed by atoms with van der Waals surface area (Å²) in [5.41, 5.74) is 2.41. The lowest BCUT2D eigenvalue weighted by Gasteiger charge is -2.19. The van der Waals surface area contributed by atoms with Crippen LogP contribution in [0.5, 0.6) is 0 Å². The van der Waals surface area contributed by atoms with Gasteiger partial charge >= 0.3 is 0 Å². The second-order valence-electron chi connectivity index (χ2n) is 4.46. The van der Waals surface area contributed by atoms with Crippen molar-refractivity contribution in [3.63, 3.8) is 0 Å². The van der Waals surface area contributed by atoms with Crippen molar-refractivity contribution >= 4 is 0 Å². The Morgan fingerprint density at radius 3 is 3.06 bits per heavy atom. The van der Waals surface area contributed by atoms with E-state index in [0.717, 1.165) is 18.8 Å². The third-order valence-corrected chi connectivity index (χ3v) is 3.13. The minimum Gasteiger partial charge on any atom is -0.308 e. The summed E-state index contributed by atoms with van der Waals surface area (Å²) in [5, 5.41) is 8.07. The Hall–Kier alpha value is -1.09. The summed E-state index contributed by atoms with van der Waals surface area (Å²) >= 11 is 0. The van der Waals surface area contributed by atoms with Crippen LogP contribution in [0.15, 0.2) is 18.2 Å². The Labute approximate surface area is 97.5 Å². The maximum absolute atomic E-state index is 4.46. The third-order valence-electron chi connectivity index (χ3n) is 3.13. The fraction of sp³-hybridized carbons (Fsp3) is 0.615. The number of nitrogens with one attached hydrogen (secondary N) is 1. The molecule has 3 heteroatoms. The molecule has 1 aromatic heterocycles. The highest BCUT2D eigenvalue weighted by molar-refractivity contribution is 5.09. The first-order valence-corrected chi connectivity index (χ1v) is 6.21. The molecule has 16 heavy (non-hydrogen) atoms. The minimum absolute atomic E-state index is 0.644. The Balaban J connectivity index is 1.90. The van der Waals surface area contributed by atoms with E-state index >= 15 is 0 Å². The van der Waals surface area contributed by atoms with Crippen LogP contribution in [0.25, 0.3) is 0 Å². The summed E-state index contributed by atoms with van der Waals surface area (Å²) in [7, 11) is 0. The summed E-state index contributed by atoms with van der Waals surface area (Å²) in [5.74, 6) is 0. The zero-order valence-corrected chi connectivity index (χ0v) is 10.2. The average Bonchev–Trinajstić information content (AvgIpc) is 2.68. The number of rotatable bonds is 4. The molecule has 0 amide bonds. The van der Waals surface area contributed by atoms with Gasteiger partial charge in [0.2, 0.25) is 0 Å². The highest BCUT2D eigenvalue weighted by atomic mass is 15.3. The van der Waals surface area contributed by atoms with E-state index < -0.39 is 0 Å². The van der Waals surface area contributed by atoms with Gasteiger partial charge in [-0.3, -0.25) is 4.68 Å². The predicted octanol–water partition coefficient (Wildman–Crippen LogP) is 2.41. The van der Waals surface area contributed by atoms with Crippen LogP contribution in [0.1, 0.15) is 37.6 Å². The van der Waals surface area contributed by atoms with Crippen LogP contribution in [-0.2, 0) is 13.1 Å². The van der Waals surface area contributed by atoms with E-state index in [0.29, 0.717) is 6.04 Å². The zero-order chi connectivity index (χ0) is 11.4. The first-order chi connectivity index (χ1) is 7.79. The van der Waals surface area contributed by atoms with Gasteiger partial charge in [0.15, 0.2) is 0 Å². The van der Waals surface area contributed by atoms with Crippen LogP contribution in [-0.4, -0.2) is 15.8 Å². The van der Waals surface area contributed by atoms with Gasteiger partial charge in [0, 0.05) is 19.1 Å². The Morgan fingerprint density at radius 1 is 1.50 bits per heavy atom. The fourth-order valence-corrected chi connectivity index (χ4v) is 2.24. The molecule has 0 radical (unpaired) electrons. The van der Waals surface area contributed by atoms with Crippen LogP contribution >= 0.6 is 0 Å². The number of hydrogen-bond acceptors (Lipinski definition) is 2. The number of nitrogens with zero attached hydrogens (tertiary/aromatic N) is 2. The molecular formula is C13H21N3. The lowest BCUT2D eigenvalue weighted by molar-refractivity contribution is 0.459. The molecule has 1 heterocycles. The standard InChI is InChI=1S/C13H21N3/c1-3-16-13(9-11(2)15-16)10-14-12-7-5-4-6-8-12/h4-5,9,12,14H,3,6-8,10H2,1-2H3. The van der Waals surface area contributed by atoms with Crippen LogP contribution in [0.2, 0.25) is 0 Å². The molecular weight excluding hydrogens is 198 g/mol. The van der Waals surface area contributed by atoms with Gasteiger partial charge in [0.05, 0.1) is 11.4 Å². The molecule has 3 nitrogen and oxygen atoms in total. The van der Waals surface area contributed by atoms with Crippen molar-refractivity contribution in [3.8, 4) is 0 Å². The second-order valence-corrected chi connectivity index (χ2v) is 4.46. The van der Waals surface area contributed by atoms with Crippen LogP contribution in [0.3, 0.4) is 0 Å². The summed E-state index contributed by atoms with van der Waals surface area (Å²) < 4.78 is 2.08. The van der Waals surface area contributed by atoms with E-state index in [-0.39, 0.29) is 0 Å². The fourth-order valence-electron chi connectivity index (χ4n) is 2.24. The van der Waals surface area contributed by atoms with Crippen molar-refractivity contribution in [1.29, 1.82) is 0 Å². The second kappa shape index (κ2) is 5.30. The lowest BCUT2D eigenvalue weighted by Crippen LogP contribution is -2.30. The summed E-state index contributed by atoms with van der Waals surface area (Å²) in [6, 6.07) is 2.82. The van der Waals surface area contributed by atoms with Crippen LogP contribution in [0, 0.1) is 6.92 Å². The highest BCUT2D eigenvalue weighted by Crippen LogP contribution is 2.12. The highest BCUT2D eigenvalue weighted by Gasteiger charge is 2.10. The van der Waals surface area contributed by atoms with E-state index in [4.69, 9.17) is 0 Å². The van der Waals surface area contributed by atoms with Crippen LogP contribution < -0.4 is 5.32 Å². The zero-order valence-electron chi connectivity index (χ0n) is 10.2. The molecule has 0 aliphatic heterocycles. The lowest BCUT2D eigenvalue weighted by atomic mass is 10.0. The molecule has 1 unspecified atom stereocenters. The van der Waals surface area contributed by atoms with E-state index in [1.165, 1.54) is 25.0 Å². The number of aryl methyl sites for hydroxylation is 2. The maximum atomic E-state index is 4.46. The van der Waals surface area contributed by atoms with Gasteiger partial charge in [-0.1, -0.05) is 12.2 Å². The molecule has 0 aromatic carbocycles. The molecule has 1 atom stereocenters. The Morgan fingerprint density at radius 2 is 2.38 bits per heavy atom.